The number of methoxy groups -OCH3 is 1. The zero-order valence-corrected chi connectivity index (χ0v) is 12.1. The van der Waals surface area contributed by atoms with Gasteiger partial charge in [0.25, 0.3) is 0 Å². The van der Waals surface area contributed by atoms with Crippen molar-refractivity contribution in [3.63, 3.8) is 0 Å². The van der Waals surface area contributed by atoms with E-state index in [-0.39, 0.29) is 6.04 Å². The lowest BCUT2D eigenvalue weighted by molar-refractivity contribution is 0.0636. The van der Waals surface area contributed by atoms with Crippen LogP contribution in [0.5, 0.6) is 5.75 Å². The van der Waals surface area contributed by atoms with E-state index in [0.717, 1.165) is 5.56 Å². The Balaban J connectivity index is 2.91. The summed E-state index contributed by atoms with van der Waals surface area (Å²) in [6.45, 7) is 7.28. The van der Waals surface area contributed by atoms with Gasteiger partial charge in [0.2, 0.25) is 0 Å². The highest BCUT2D eigenvalue weighted by molar-refractivity contribution is 5.86. The largest absolute Gasteiger partial charge is 0.497 e. The predicted octanol–water partition coefficient (Wildman–Crippen LogP) is 3.06. The molecule has 1 aromatic rings. The maximum atomic E-state index is 11.8. The van der Waals surface area contributed by atoms with E-state index in [0.29, 0.717) is 11.4 Å². The van der Waals surface area contributed by atoms with Crippen molar-refractivity contribution in [1.82, 2.24) is 0 Å². The number of ether oxygens (including phenoxy) is 2. The topological polar surface area (TPSA) is 73.6 Å². The van der Waals surface area contributed by atoms with Crippen molar-refractivity contribution in [2.45, 2.75) is 39.3 Å². The maximum Gasteiger partial charge on any atom is 0.412 e. The molecule has 1 aromatic carbocycles. The van der Waals surface area contributed by atoms with Crippen LogP contribution < -0.4 is 15.8 Å². The Kier molecular flexibility index (Phi) is 4.78. The van der Waals surface area contributed by atoms with Gasteiger partial charge in [-0.1, -0.05) is 0 Å². The first-order valence-corrected chi connectivity index (χ1v) is 6.16. The lowest BCUT2D eigenvalue weighted by Gasteiger charge is -2.21. The van der Waals surface area contributed by atoms with Crippen LogP contribution in [0.1, 0.15) is 39.3 Å². The number of nitrogens with one attached hydrogen (secondary N) is 1. The van der Waals surface area contributed by atoms with Gasteiger partial charge in [-0.3, -0.25) is 5.32 Å². The third-order valence-corrected chi connectivity index (χ3v) is 2.38. The van der Waals surface area contributed by atoms with Gasteiger partial charge >= 0.3 is 6.09 Å². The van der Waals surface area contributed by atoms with Crippen LogP contribution in [0.25, 0.3) is 0 Å². The molecule has 0 bridgehead atoms. The van der Waals surface area contributed by atoms with E-state index in [9.17, 15) is 4.79 Å². The average molecular weight is 266 g/mol. The van der Waals surface area contributed by atoms with Crippen LogP contribution in [-0.4, -0.2) is 18.8 Å². The lowest BCUT2D eigenvalue weighted by Crippen LogP contribution is -2.27. The lowest BCUT2D eigenvalue weighted by atomic mass is 10.1. The second-order valence-electron chi connectivity index (χ2n) is 5.37. The van der Waals surface area contributed by atoms with Crippen molar-refractivity contribution in [1.29, 1.82) is 0 Å². The van der Waals surface area contributed by atoms with E-state index in [1.807, 2.05) is 27.7 Å². The van der Waals surface area contributed by atoms with Crippen LogP contribution in [0.2, 0.25) is 0 Å². The molecule has 0 fully saturated rings. The molecule has 0 saturated carbocycles. The van der Waals surface area contributed by atoms with E-state index in [1.165, 1.54) is 0 Å². The summed E-state index contributed by atoms with van der Waals surface area (Å²) < 4.78 is 10.4. The Morgan fingerprint density at radius 2 is 2.00 bits per heavy atom. The van der Waals surface area contributed by atoms with Crippen LogP contribution in [0.4, 0.5) is 10.5 Å². The molecule has 1 atom stereocenters. The molecule has 106 valence electrons. The van der Waals surface area contributed by atoms with Crippen molar-refractivity contribution in [3.05, 3.63) is 23.8 Å². The molecule has 0 saturated heterocycles. The van der Waals surface area contributed by atoms with Gasteiger partial charge in [0.15, 0.2) is 0 Å². The summed E-state index contributed by atoms with van der Waals surface area (Å²) in [4.78, 5) is 11.8. The van der Waals surface area contributed by atoms with E-state index in [2.05, 4.69) is 5.32 Å². The summed E-state index contributed by atoms with van der Waals surface area (Å²) in [7, 11) is 1.58. The summed E-state index contributed by atoms with van der Waals surface area (Å²) in [5.74, 6) is 0.696. The van der Waals surface area contributed by atoms with Crippen LogP contribution in [0, 0.1) is 0 Å². The van der Waals surface area contributed by atoms with E-state index in [4.69, 9.17) is 15.2 Å². The predicted molar refractivity (Wildman–Crippen MR) is 75.5 cm³/mol. The molecule has 1 rings (SSSR count). The standard InChI is InChI=1S/C14H22N2O3/c1-9(15)11-8-10(18-5)6-7-12(11)16-13(17)19-14(2,3)4/h6-9H,15H2,1-5H3,(H,16,17)/t9-/m1/s1. The molecule has 1 amide bonds. The smallest absolute Gasteiger partial charge is 0.412 e. The molecule has 0 radical (unpaired) electrons. The van der Waals surface area contributed by atoms with Gasteiger partial charge in [-0.2, -0.15) is 0 Å². The number of anilines is 1. The molecule has 0 aliphatic rings. The zero-order chi connectivity index (χ0) is 14.6. The number of carbonyl (C=O) groups is 1. The molecule has 5 heteroatoms. The third-order valence-electron chi connectivity index (χ3n) is 2.38. The van der Waals surface area contributed by atoms with Gasteiger partial charge in [0, 0.05) is 11.7 Å². The summed E-state index contributed by atoms with van der Waals surface area (Å²) in [6.07, 6.45) is -0.500. The molecule has 0 aliphatic carbocycles. The number of nitrogens with two attached hydrogens (primary N) is 1. The first kappa shape index (κ1) is 15.3. The molecule has 0 spiro atoms. The molecule has 0 aromatic heterocycles. The normalized spacial score (nSPS) is 12.7. The number of hydrogen-bond donors (Lipinski definition) is 2. The molecule has 19 heavy (non-hydrogen) atoms. The van der Waals surface area contributed by atoms with Gasteiger partial charge in [0.05, 0.1) is 7.11 Å². The molecule has 0 aliphatic heterocycles. The van der Waals surface area contributed by atoms with Crippen LogP contribution in [-0.2, 0) is 4.74 Å². The monoisotopic (exact) mass is 266 g/mol. The van der Waals surface area contributed by atoms with Gasteiger partial charge < -0.3 is 15.2 Å². The Bertz CT molecular complexity index is 450. The highest BCUT2D eigenvalue weighted by Crippen LogP contribution is 2.26. The number of amides is 1. The van der Waals surface area contributed by atoms with Crippen molar-refractivity contribution in [3.8, 4) is 5.75 Å². The summed E-state index contributed by atoms with van der Waals surface area (Å²) in [5.41, 5.74) is 6.78. The van der Waals surface area contributed by atoms with Crippen molar-refractivity contribution < 1.29 is 14.3 Å². The Morgan fingerprint density at radius 3 is 2.47 bits per heavy atom. The van der Waals surface area contributed by atoms with Gasteiger partial charge in [-0.05, 0) is 51.5 Å². The van der Waals surface area contributed by atoms with Gasteiger partial charge in [-0.25, -0.2) is 4.79 Å². The third kappa shape index (κ3) is 4.79. The van der Waals surface area contributed by atoms with Crippen molar-refractivity contribution in [2.24, 2.45) is 5.73 Å². The highest BCUT2D eigenvalue weighted by Gasteiger charge is 2.18. The average Bonchev–Trinajstić information content (AvgIpc) is 2.26. The van der Waals surface area contributed by atoms with E-state index >= 15 is 0 Å². The van der Waals surface area contributed by atoms with Gasteiger partial charge in [0.1, 0.15) is 11.4 Å². The quantitative estimate of drug-likeness (QED) is 0.881. The first-order chi connectivity index (χ1) is 8.73. The fourth-order valence-electron chi connectivity index (χ4n) is 1.57. The summed E-state index contributed by atoms with van der Waals surface area (Å²) >= 11 is 0. The fourth-order valence-corrected chi connectivity index (χ4v) is 1.57. The van der Waals surface area contributed by atoms with E-state index < -0.39 is 11.7 Å². The first-order valence-electron chi connectivity index (χ1n) is 6.16. The molecular weight excluding hydrogens is 244 g/mol. The molecule has 5 nitrogen and oxygen atoms in total. The zero-order valence-electron chi connectivity index (χ0n) is 12.1. The summed E-state index contributed by atoms with van der Waals surface area (Å²) in [5, 5.41) is 2.70. The number of hydrogen-bond acceptors (Lipinski definition) is 4. The van der Waals surface area contributed by atoms with Gasteiger partial charge in [-0.15, -0.1) is 0 Å². The molecule has 0 heterocycles. The summed E-state index contributed by atoms with van der Waals surface area (Å²) in [6, 6.07) is 5.09. The minimum absolute atomic E-state index is 0.222. The molecule has 3 N–H and O–H groups in total. The molecule has 0 unspecified atom stereocenters. The SMILES string of the molecule is COc1ccc(NC(=O)OC(C)(C)C)c([C@@H](C)N)c1. The number of rotatable bonds is 3. The van der Waals surface area contributed by atoms with Crippen LogP contribution in [0.15, 0.2) is 18.2 Å². The number of benzene rings is 1. The maximum absolute atomic E-state index is 11.8. The highest BCUT2D eigenvalue weighted by atomic mass is 16.6. The minimum atomic E-state index is -0.537. The Labute approximate surface area is 114 Å². The second-order valence-corrected chi connectivity index (χ2v) is 5.37. The fraction of sp³-hybridized carbons (Fsp3) is 0.500. The Morgan fingerprint density at radius 1 is 1.37 bits per heavy atom. The Hall–Kier alpha value is -1.75. The van der Waals surface area contributed by atoms with Crippen LogP contribution in [0.3, 0.4) is 0 Å². The van der Waals surface area contributed by atoms with Crippen molar-refractivity contribution >= 4 is 11.8 Å². The minimum Gasteiger partial charge on any atom is -0.497 e. The molecular formula is C14H22N2O3. The van der Waals surface area contributed by atoms with E-state index in [1.54, 1.807) is 25.3 Å². The number of carbonyl (C=O) groups excluding carboxylic acids is 1. The van der Waals surface area contributed by atoms with Crippen molar-refractivity contribution in [2.75, 3.05) is 12.4 Å². The van der Waals surface area contributed by atoms with Crippen LogP contribution >= 0.6 is 0 Å². The second kappa shape index (κ2) is 5.93.